The SMILES string of the molecule is OCCC1CCCN(Cc2noc(-c3ccco3)n2)C1. The number of furan rings is 1. The van der Waals surface area contributed by atoms with Gasteiger partial charge in [-0.25, -0.2) is 0 Å². The highest BCUT2D eigenvalue weighted by Crippen LogP contribution is 2.21. The fourth-order valence-electron chi connectivity index (χ4n) is 2.73. The summed E-state index contributed by atoms with van der Waals surface area (Å²) >= 11 is 0. The third-order valence-electron chi connectivity index (χ3n) is 3.71. The van der Waals surface area contributed by atoms with Crippen molar-refractivity contribution < 1.29 is 14.0 Å². The van der Waals surface area contributed by atoms with E-state index < -0.39 is 0 Å². The molecule has 20 heavy (non-hydrogen) atoms. The number of aromatic nitrogens is 2. The molecule has 0 radical (unpaired) electrons. The van der Waals surface area contributed by atoms with Crippen LogP contribution in [-0.2, 0) is 6.54 Å². The zero-order valence-electron chi connectivity index (χ0n) is 11.4. The van der Waals surface area contributed by atoms with Crippen molar-refractivity contribution in [3.05, 3.63) is 24.2 Å². The van der Waals surface area contributed by atoms with Crippen molar-refractivity contribution in [3.63, 3.8) is 0 Å². The van der Waals surface area contributed by atoms with E-state index in [-0.39, 0.29) is 6.61 Å². The quantitative estimate of drug-likeness (QED) is 0.900. The van der Waals surface area contributed by atoms with E-state index >= 15 is 0 Å². The number of hydrogen-bond donors (Lipinski definition) is 1. The summed E-state index contributed by atoms with van der Waals surface area (Å²) in [5, 5.41) is 13.0. The molecule has 0 bridgehead atoms. The summed E-state index contributed by atoms with van der Waals surface area (Å²) < 4.78 is 10.4. The Morgan fingerprint density at radius 3 is 3.20 bits per heavy atom. The van der Waals surface area contributed by atoms with E-state index in [0.717, 1.165) is 25.9 Å². The molecular formula is C14H19N3O3. The van der Waals surface area contributed by atoms with Crippen LogP contribution in [0.25, 0.3) is 11.7 Å². The third kappa shape index (κ3) is 3.08. The normalized spacial score (nSPS) is 20.4. The summed E-state index contributed by atoms with van der Waals surface area (Å²) in [7, 11) is 0. The Labute approximate surface area is 117 Å². The lowest BCUT2D eigenvalue weighted by molar-refractivity contribution is 0.139. The summed E-state index contributed by atoms with van der Waals surface area (Å²) in [5.74, 6) is 2.28. The fraction of sp³-hybridized carbons (Fsp3) is 0.571. The van der Waals surface area contributed by atoms with Crippen molar-refractivity contribution in [3.8, 4) is 11.7 Å². The molecule has 0 saturated carbocycles. The van der Waals surface area contributed by atoms with Gasteiger partial charge in [-0.2, -0.15) is 4.98 Å². The van der Waals surface area contributed by atoms with Gasteiger partial charge < -0.3 is 14.0 Å². The molecule has 1 aliphatic rings. The maximum absolute atomic E-state index is 9.03. The zero-order chi connectivity index (χ0) is 13.8. The number of aliphatic hydroxyl groups is 1. The van der Waals surface area contributed by atoms with Crippen LogP contribution in [0.4, 0.5) is 0 Å². The van der Waals surface area contributed by atoms with Gasteiger partial charge in [-0.15, -0.1) is 0 Å². The first-order valence-electron chi connectivity index (χ1n) is 7.05. The highest BCUT2D eigenvalue weighted by molar-refractivity contribution is 5.42. The van der Waals surface area contributed by atoms with Crippen molar-refractivity contribution in [1.29, 1.82) is 0 Å². The first kappa shape index (κ1) is 13.3. The van der Waals surface area contributed by atoms with E-state index in [1.165, 1.54) is 6.42 Å². The average Bonchev–Trinajstić information content (AvgIpc) is 3.10. The molecule has 0 amide bonds. The third-order valence-corrected chi connectivity index (χ3v) is 3.71. The highest BCUT2D eigenvalue weighted by atomic mass is 16.5. The summed E-state index contributed by atoms with van der Waals surface area (Å²) in [6, 6.07) is 3.60. The summed E-state index contributed by atoms with van der Waals surface area (Å²) in [4.78, 5) is 6.68. The van der Waals surface area contributed by atoms with Crippen molar-refractivity contribution >= 4 is 0 Å². The molecule has 1 fully saturated rings. The van der Waals surface area contributed by atoms with Crippen LogP contribution >= 0.6 is 0 Å². The minimum atomic E-state index is 0.267. The maximum atomic E-state index is 9.03. The molecular weight excluding hydrogens is 258 g/mol. The molecule has 0 aromatic carbocycles. The van der Waals surface area contributed by atoms with Crippen molar-refractivity contribution in [1.82, 2.24) is 15.0 Å². The lowest BCUT2D eigenvalue weighted by atomic mass is 9.95. The summed E-state index contributed by atoms with van der Waals surface area (Å²) in [5.41, 5.74) is 0. The molecule has 3 heterocycles. The van der Waals surface area contributed by atoms with Gasteiger partial charge in [-0.1, -0.05) is 5.16 Å². The first-order valence-corrected chi connectivity index (χ1v) is 7.05. The van der Waals surface area contributed by atoms with Crippen molar-refractivity contribution in [2.45, 2.75) is 25.8 Å². The first-order chi connectivity index (χ1) is 9.85. The maximum Gasteiger partial charge on any atom is 0.293 e. The van der Waals surface area contributed by atoms with Gasteiger partial charge in [-0.3, -0.25) is 4.90 Å². The summed E-state index contributed by atoms with van der Waals surface area (Å²) in [6.07, 6.45) is 4.82. The van der Waals surface area contributed by atoms with Crippen LogP contribution in [0.3, 0.4) is 0 Å². The Morgan fingerprint density at radius 2 is 2.40 bits per heavy atom. The minimum Gasteiger partial charge on any atom is -0.459 e. The number of rotatable bonds is 5. The van der Waals surface area contributed by atoms with Gasteiger partial charge in [0.1, 0.15) is 0 Å². The molecule has 1 atom stereocenters. The number of piperidine rings is 1. The monoisotopic (exact) mass is 277 g/mol. The lowest BCUT2D eigenvalue weighted by Crippen LogP contribution is -2.35. The molecule has 2 aromatic rings. The van der Waals surface area contributed by atoms with E-state index in [1.807, 2.05) is 0 Å². The van der Waals surface area contributed by atoms with Crippen molar-refractivity contribution in [2.75, 3.05) is 19.7 Å². The van der Waals surface area contributed by atoms with E-state index in [0.29, 0.717) is 29.9 Å². The van der Waals surface area contributed by atoms with Crippen LogP contribution in [0.5, 0.6) is 0 Å². The molecule has 3 rings (SSSR count). The lowest BCUT2D eigenvalue weighted by Gasteiger charge is -2.31. The van der Waals surface area contributed by atoms with Gasteiger partial charge in [-0.05, 0) is 43.9 Å². The number of likely N-dealkylation sites (tertiary alicyclic amines) is 1. The molecule has 1 saturated heterocycles. The van der Waals surface area contributed by atoms with E-state index in [4.69, 9.17) is 14.0 Å². The number of aliphatic hydroxyl groups excluding tert-OH is 1. The second-order valence-electron chi connectivity index (χ2n) is 5.25. The Kier molecular flexibility index (Phi) is 4.13. The van der Waals surface area contributed by atoms with Crippen LogP contribution in [0.1, 0.15) is 25.1 Å². The second kappa shape index (κ2) is 6.19. The molecule has 6 heteroatoms. The van der Waals surface area contributed by atoms with Crippen molar-refractivity contribution in [2.24, 2.45) is 5.92 Å². The molecule has 0 aliphatic carbocycles. The minimum absolute atomic E-state index is 0.267. The van der Waals surface area contributed by atoms with Gasteiger partial charge in [0.15, 0.2) is 11.6 Å². The standard InChI is InChI=1S/C14H19N3O3/c18-7-5-11-3-1-6-17(9-11)10-13-15-14(20-16-13)12-4-2-8-19-12/h2,4,8,11,18H,1,3,5-7,9-10H2. The molecule has 0 spiro atoms. The molecule has 1 N–H and O–H groups in total. The number of hydrogen-bond acceptors (Lipinski definition) is 6. The highest BCUT2D eigenvalue weighted by Gasteiger charge is 2.21. The molecule has 6 nitrogen and oxygen atoms in total. The molecule has 2 aromatic heterocycles. The molecule has 1 aliphatic heterocycles. The predicted molar refractivity (Wildman–Crippen MR) is 71.7 cm³/mol. The van der Waals surface area contributed by atoms with Crippen LogP contribution in [0, 0.1) is 5.92 Å². The van der Waals surface area contributed by atoms with Gasteiger partial charge in [0.2, 0.25) is 0 Å². The smallest absolute Gasteiger partial charge is 0.293 e. The van der Waals surface area contributed by atoms with Gasteiger partial charge in [0.25, 0.3) is 5.89 Å². The molecule has 108 valence electrons. The van der Waals surface area contributed by atoms with Gasteiger partial charge >= 0.3 is 0 Å². The Bertz CT molecular complexity index is 522. The van der Waals surface area contributed by atoms with Crippen LogP contribution < -0.4 is 0 Å². The largest absolute Gasteiger partial charge is 0.459 e. The summed E-state index contributed by atoms with van der Waals surface area (Å²) in [6.45, 7) is 2.99. The average molecular weight is 277 g/mol. The number of nitrogens with zero attached hydrogens (tertiary/aromatic N) is 3. The van der Waals surface area contributed by atoms with Crippen LogP contribution in [0.2, 0.25) is 0 Å². The fourth-order valence-corrected chi connectivity index (χ4v) is 2.73. The molecule has 1 unspecified atom stereocenters. The van der Waals surface area contributed by atoms with Crippen LogP contribution in [-0.4, -0.2) is 39.8 Å². The Morgan fingerprint density at radius 1 is 1.45 bits per heavy atom. The Balaban J connectivity index is 1.60. The van der Waals surface area contributed by atoms with E-state index in [2.05, 4.69) is 15.0 Å². The van der Waals surface area contributed by atoms with Gasteiger partial charge in [0, 0.05) is 13.2 Å². The van der Waals surface area contributed by atoms with E-state index in [9.17, 15) is 0 Å². The topological polar surface area (TPSA) is 75.5 Å². The second-order valence-corrected chi connectivity index (χ2v) is 5.25. The predicted octanol–water partition coefficient (Wildman–Crippen LogP) is 1.92. The Hall–Kier alpha value is -1.66. The van der Waals surface area contributed by atoms with E-state index in [1.54, 1.807) is 18.4 Å². The van der Waals surface area contributed by atoms with Gasteiger partial charge in [0.05, 0.1) is 12.8 Å². The zero-order valence-corrected chi connectivity index (χ0v) is 11.4. The van der Waals surface area contributed by atoms with Crippen LogP contribution in [0.15, 0.2) is 27.3 Å².